The summed E-state index contributed by atoms with van der Waals surface area (Å²) in [4.78, 5) is 25.0. The lowest BCUT2D eigenvalue weighted by Crippen LogP contribution is -2.29. The molecule has 0 atom stereocenters. The largest absolute Gasteiger partial charge is 0.481 e. The number of carboxylic acid groups (broad SMARTS) is 1. The second-order valence-electron chi connectivity index (χ2n) is 4.99. The molecule has 8 heteroatoms. The monoisotopic (exact) mass is 339 g/mol. The van der Waals surface area contributed by atoms with E-state index in [0.29, 0.717) is 22.2 Å². The number of aliphatic carboxylic acids is 1. The van der Waals surface area contributed by atoms with Crippen molar-refractivity contribution in [2.45, 2.75) is 25.7 Å². The number of unbranched alkanes of at least 4 members (excludes halogenated alkanes) is 2. The third-order valence-electron chi connectivity index (χ3n) is 3.17. The summed E-state index contributed by atoms with van der Waals surface area (Å²) in [6, 6.07) is 0. The summed E-state index contributed by atoms with van der Waals surface area (Å²) in [5, 5.41) is 12.6. The molecule has 1 aromatic rings. The van der Waals surface area contributed by atoms with Crippen LogP contribution in [0, 0.1) is 0 Å². The van der Waals surface area contributed by atoms with Gasteiger partial charge in [-0.25, -0.2) is 0 Å². The van der Waals surface area contributed by atoms with Gasteiger partial charge in [-0.15, -0.1) is 0 Å². The van der Waals surface area contributed by atoms with E-state index < -0.39 is 5.97 Å². The van der Waals surface area contributed by atoms with Crippen molar-refractivity contribution >= 4 is 46.3 Å². The van der Waals surface area contributed by atoms with Gasteiger partial charge in [0.15, 0.2) is 0 Å². The first-order valence-corrected chi connectivity index (χ1v) is 8.15. The van der Waals surface area contributed by atoms with Crippen LogP contribution in [0.5, 0.6) is 0 Å². The van der Waals surface area contributed by atoms with Crippen LogP contribution >= 0.6 is 24.0 Å². The molecule has 0 aliphatic carbocycles. The van der Waals surface area contributed by atoms with Crippen molar-refractivity contribution in [3.05, 3.63) is 22.9 Å². The van der Waals surface area contributed by atoms with E-state index in [0.717, 1.165) is 18.4 Å². The van der Waals surface area contributed by atoms with Gasteiger partial charge in [-0.3, -0.25) is 19.2 Å². The number of thiocarbonyl (C=S) groups is 1. The van der Waals surface area contributed by atoms with Gasteiger partial charge in [0.05, 0.1) is 11.1 Å². The predicted molar refractivity (Wildman–Crippen MR) is 89.2 cm³/mol. The maximum Gasteiger partial charge on any atom is 0.303 e. The molecule has 0 radical (unpaired) electrons. The first kappa shape index (κ1) is 16.7. The average Bonchev–Trinajstić information content (AvgIpc) is 2.96. The third-order valence-corrected chi connectivity index (χ3v) is 4.55. The first-order valence-electron chi connectivity index (χ1n) is 6.93. The normalized spacial score (nSPS) is 16.8. The number of nitrogens with zero attached hydrogens (tertiary/aromatic N) is 3. The van der Waals surface area contributed by atoms with Gasteiger partial charge in [-0.2, -0.15) is 5.10 Å². The van der Waals surface area contributed by atoms with Gasteiger partial charge in [0, 0.05) is 31.8 Å². The molecule has 2 heterocycles. The van der Waals surface area contributed by atoms with E-state index >= 15 is 0 Å². The molecule has 0 spiro atoms. The van der Waals surface area contributed by atoms with Gasteiger partial charge in [0.25, 0.3) is 5.91 Å². The Morgan fingerprint density at radius 2 is 2.23 bits per heavy atom. The molecule has 1 aromatic heterocycles. The number of carbonyl (C=O) groups excluding carboxylic acids is 1. The Kier molecular flexibility index (Phi) is 5.73. The van der Waals surface area contributed by atoms with Crippen LogP contribution in [-0.4, -0.2) is 42.5 Å². The van der Waals surface area contributed by atoms with Gasteiger partial charge in [0.1, 0.15) is 4.32 Å². The van der Waals surface area contributed by atoms with Crippen LogP contribution < -0.4 is 0 Å². The predicted octanol–water partition coefficient (Wildman–Crippen LogP) is 2.27. The lowest BCUT2D eigenvalue weighted by Gasteiger charge is -2.13. The number of thioether (sulfide) groups is 1. The Morgan fingerprint density at radius 3 is 2.86 bits per heavy atom. The van der Waals surface area contributed by atoms with Crippen molar-refractivity contribution in [1.82, 2.24) is 14.7 Å². The van der Waals surface area contributed by atoms with Crippen molar-refractivity contribution in [3.8, 4) is 0 Å². The van der Waals surface area contributed by atoms with E-state index in [9.17, 15) is 9.59 Å². The summed E-state index contributed by atoms with van der Waals surface area (Å²) in [7, 11) is 1.82. The van der Waals surface area contributed by atoms with Crippen molar-refractivity contribution in [2.24, 2.45) is 7.05 Å². The zero-order valence-electron chi connectivity index (χ0n) is 12.2. The van der Waals surface area contributed by atoms with E-state index in [1.165, 1.54) is 11.8 Å². The molecule has 0 bridgehead atoms. The van der Waals surface area contributed by atoms with Gasteiger partial charge in [-0.1, -0.05) is 30.4 Å². The fourth-order valence-corrected chi connectivity index (χ4v) is 3.39. The number of rotatable bonds is 7. The zero-order valence-corrected chi connectivity index (χ0v) is 13.8. The standard InChI is InChI=1S/C14H17N3O3S2/c1-16-9-10(8-15-16)7-11-13(20)17(14(21)22-11)6-4-2-3-5-12(18)19/h7-9H,2-6H2,1H3,(H,18,19)/b11-7-. The molecule has 0 unspecified atom stereocenters. The molecule has 1 amide bonds. The molecule has 0 aromatic carbocycles. The zero-order chi connectivity index (χ0) is 16.1. The molecule has 6 nitrogen and oxygen atoms in total. The van der Waals surface area contributed by atoms with Gasteiger partial charge < -0.3 is 5.11 Å². The van der Waals surface area contributed by atoms with E-state index in [4.69, 9.17) is 17.3 Å². The molecule has 2 rings (SSSR count). The second-order valence-corrected chi connectivity index (χ2v) is 6.66. The SMILES string of the molecule is Cn1cc(/C=C2\SC(=S)N(CCCCCC(=O)O)C2=O)cn1. The van der Waals surface area contributed by atoms with E-state index in [2.05, 4.69) is 5.10 Å². The van der Waals surface area contributed by atoms with Crippen LogP contribution in [0.25, 0.3) is 6.08 Å². The highest BCUT2D eigenvalue weighted by atomic mass is 32.2. The van der Waals surface area contributed by atoms with Crippen LogP contribution in [-0.2, 0) is 16.6 Å². The van der Waals surface area contributed by atoms with E-state index in [1.54, 1.807) is 21.9 Å². The molecule has 1 N–H and O–H groups in total. The highest BCUT2D eigenvalue weighted by Crippen LogP contribution is 2.32. The van der Waals surface area contributed by atoms with E-state index in [-0.39, 0.29) is 12.3 Å². The second kappa shape index (κ2) is 7.55. The number of amides is 1. The van der Waals surface area contributed by atoms with Crippen LogP contribution in [0.3, 0.4) is 0 Å². The number of aromatic nitrogens is 2. The minimum atomic E-state index is -0.787. The summed E-state index contributed by atoms with van der Waals surface area (Å²) in [5.74, 6) is -0.873. The van der Waals surface area contributed by atoms with Gasteiger partial charge in [0.2, 0.25) is 0 Å². The van der Waals surface area contributed by atoms with Crippen LogP contribution in [0.2, 0.25) is 0 Å². The molecular formula is C14H17N3O3S2. The molecule has 0 saturated carbocycles. The Morgan fingerprint density at radius 1 is 1.45 bits per heavy atom. The molecule has 1 aliphatic rings. The summed E-state index contributed by atoms with van der Waals surface area (Å²) < 4.78 is 2.23. The smallest absolute Gasteiger partial charge is 0.303 e. The number of carboxylic acids is 1. The van der Waals surface area contributed by atoms with Crippen molar-refractivity contribution in [1.29, 1.82) is 0 Å². The lowest BCUT2D eigenvalue weighted by atomic mass is 10.2. The highest BCUT2D eigenvalue weighted by Gasteiger charge is 2.31. The van der Waals surface area contributed by atoms with E-state index in [1.807, 2.05) is 13.2 Å². The summed E-state index contributed by atoms with van der Waals surface area (Å²) >= 11 is 6.54. The number of hydrogen-bond donors (Lipinski definition) is 1. The van der Waals surface area contributed by atoms with Gasteiger partial charge in [-0.05, 0) is 18.9 Å². The fraction of sp³-hybridized carbons (Fsp3) is 0.429. The quantitative estimate of drug-likeness (QED) is 0.467. The first-order chi connectivity index (χ1) is 10.5. The van der Waals surface area contributed by atoms with Crippen molar-refractivity contribution < 1.29 is 14.7 Å². The van der Waals surface area contributed by atoms with Crippen molar-refractivity contribution in [2.75, 3.05) is 6.54 Å². The topological polar surface area (TPSA) is 75.4 Å². The number of aryl methyl sites for hydroxylation is 1. The molecule has 1 saturated heterocycles. The van der Waals surface area contributed by atoms with Crippen LogP contribution in [0.4, 0.5) is 0 Å². The minimum Gasteiger partial charge on any atom is -0.481 e. The Balaban J connectivity index is 1.89. The molecule has 22 heavy (non-hydrogen) atoms. The van der Waals surface area contributed by atoms with Crippen molar-refractivity contribution in [3.63, 3.8) is 0 Å². The third kappa shape index (κ3) is 4.41. The lowest BCUT2D eigenvalue weighted by molar-refractivity contribution is -0.137. The maximum atomic E-state index is 12.3. The molecular weight excluding hydrogens is 322 g/mol. The van der Waals surface area contributed by atoms with Gasteiger partial charge >= 0.3 is 5.97 Å². The summed E-state index contributed by atoms with van der Waals surface area (Å²) in [6.07, 6.45) is 7.62. The highest BCUT2D eigenvalue weighted by molar-refractivity contribution is 8.26. The summed E-state index contributed by atoms with van der Waals surface area (Å²) in [6.45, 7) is 0.536. The van der Waals surface area contributed by atoms with Crippen LogP contribution in [0.1, 0.15) is 31.2 Å². The Hall–Kier alpha value is -1.67. The Labute approximate surface area is 138 Å². The van der Waals surface area contributed by atoms with Crippen LogP contribution in [0.15, 0.2) is 17.3 Å². The minimum absolute atomic E-state index is 0.0860. The Bertz CT molecular complexity index is 625. The molecule has 118 valence electrons. The fourth-order valence-electron chi connectivity index (χ4n) is 2.08. The number of carbonyl (C=O) groups is 2. The summed E-state index contributed by atoms with van der Waals surface area (Å²) in [5.41, 5.74) is 0.865. The average molecular weight is 339 g/mol. The maximum absolute atomic E-state index is 12.3. The molecule has 1 aliphatic heterocycles. The number of hydrogen-bond acceptors (Lipinski definition) is 5. The molecule has 1 fully saturated rings.